The number of nitrogens with one attached hydrogen (secondary N) is 2. The Hall–Kier alpha value is -3.55. The topological polar surface area (TPSA) is 108 Å². The van der Waals surface area contributed by atoms with Gasteiger partial charge in [0.2, 0.25) is 0 Å². The van der Waals surface area contributed by atoms with E-state index in [9.17, 15) is 18.8 Å². The summed E-state index contributed by atoms with van der Waals surface area (Å²) in [5.41, 5.74) is 2.50. The van der Waals surface area contributed by atoms with Crippen LogP contribution in [-0.2, 0) is 9.59 Å². The second-order valence-corrected chi connectivity index (χ2v) is 4.55. The predicted molar refractivity (Wildman–Crippen MR) is 84.2 cm³/mol. The minimum Gasteiger partial charge on any atom is -0.478 e. The third kappa shape index (κ3) is 4.47. The van der Waals surface area contributed by atoms with Crippen LogP contribution in [0.25, 0.3) is 0 Å². The molecule has 2 amide bonds. The van der Waals surface area contributed by atoms with Crippen LogP contribution < -0.4 is 10.7 Å². The van der Waals surface area contributed by atoms with Crippen LogP contribution in [0.15, 0.2) is 53.6 Å². The Morgan fingerprint density at radius 2 is 1.67 bits per heavy atom. The van der Waals surface area contributed by atoms with E-state index in [4.69, 9.17) is 5.11 Å². The number of hydrogen-bond donors (Lipinski definition) is 3. The molecule has 0 aliphatic rings. The highest BCUT2D eigenvalue weighted by molar-refractivity contribution is 6.39. The van der Waals surface area contributed by atoms with Crippen molar-refractivity contribution in [2.45, 2.75) is 0 Å². The van der Waals surface area contributed by atoms with Gasteiger partial charge < -0.3 is 10.4 Å². The van der Waals surface area contributed by atoms with Gasteiger partial charge in [-0.25, -0.2) is 14.6 Å². The van der Waals surface area contributed by atoms with Crippen molar-refractivity contribution in [3.05, 3.63) is 65.5 Å². The van der Waals surface area contributed by atoms with Crippen LogP contribution in [0.4, 0.5) is 10.1 Å². The number of amides is 2. The Kier molecular flexibility index (Phi) is 5.35. The zero-order valence-electron chi connectivity index (χ0n) is 12.2. The third-order valence-corrected chi connectivity index (χ3v) is 2.87. The first-order valence-electron chi connectivity index (χ1n) is 6.69. The molecule has 122 valence electrons. The summed E-state index contributed by atoms with van der Waals surface area (Å²) in [6.45, 7) is 0. The lowest BCUT2D eigenvalue weighted by molar-refractivity contribution is -0.136. The number of carboxylic acids is 1. The van der Waals surface area contributed by atoms with Gasteiger partial charge in [-0.3, -0.25) is 9.59 Å². The average molecular weight is 329 g/mol. The Balaban J connectivity index is 1.96. The highest BCUT2D eigenvalue weighted by Crippen LogP contribution is 2.08. The number of halogens is 1. The molecule has 8 heteroatoms. The van der Waals surface area contributed by atoms with E-state index >= 15 is 0 Å². The minimum atomic E-state index is -1.14. The first-order chi connectivity index (χ1) is 11.5. The third-order valence-electron chi connectivity index (χ3n) is 2.87. The van der Waals surface area contributed by atoms with E-state index in [0.29, 0.717) is 0 Å². The largest absolute Gasteiger partial charge is 0.478 e. The van der Waals surface area contributed by atoms with Gasteiger partial charge in [0.1, 0.15) is 5.82 Å². The number of carboxylic acid groups (broad SMARTS) is 1. The average Bonchev–Trinajstić information content (AvgIpc) is 2.57. The molecule has 0 atom stereocenters. The highest BCUT2D eigenvalue weighted by Gasteiger charge is 2.13. The molecule has 0 unspecified atom stereocenters. The maximum absolute atomic E-state index is 12.7. The number of benzene rings is 2. The standard InChI is InChI=1S/C16H12FN3O4/c17-11-5-7-12(8-6-11)19-14(21)15(22)20-18-9-10-3-1-2-4-13(10)16(23)24/h1-9H,(H,19,21)(H,20,22)(H,23,24)/b18-9+. The van der Waals surface area contributed by atoms with E-state index in [-0.39, 0.29) is 16.8 Å². The second-order valence-electron chi connectivity index (χ2n) is 4.55. The van der Waals surface area contributed by atoms with Crippen LogP contribution in [-0.4, -0.2) is 29.1 Å². The van der Waals surface area contributed by atoms with E-state index < -0.39 is 23.6 Å². The SMILES string of the molecule is O=C(N/N=C/c1ccccc1C(=O)O)C(=O)Nc1ccc(F)cc1. The fourth-order valence-corrected chi connectivity index (χ4v) is 1.74. The summed E-state index contributed by atoms with van der Waals surface area (Å²) >= 11 is 0. The van der Waals surface area contributed by atoms with Crippen molar-refractivity contribution in [1.82, 2.24) is 5.43 Å². The lowest BCUT2D eigenvalue weighted by atomic mass is 10.1. The Labute approximate surface area is 135 Å². The van der Waals surface area contributed by atoms with Crippen molar-refractivity contribution in [3.63, 3.8) is 0 Å². The number of carbonyl (C=O) groups is 3. The monoisotopic (exact) mass is 329 g/mol. The number of nitrogens with zero attached hydrogens (tertiary/aromatic N) is 1. The van der Waals surface area contributed by atoms with Crippen molar-refractivity contribution in [3.8, 4) is 0 Å². The smallest absolute Gasteiger partial charge is 0.336 e. The lowest BCUT2D eigenvalue weighted by Gasteiger charge is -2.03. The first-order valence-corrected chi connectivity index (χ1v) is 6.69. The van der Waals surface area contributed by atoms with E-state index in [1.54, 1.807) is 12.1 Å². The van der Waals surface area contributed by atoms with E-state index in [0.717, 1.165) is 18.3 Å². The van der Waals surface area contributed by atoms with Gasteiger partial charge in [0, 0.05) is 11.3 Å². The molecule has 7 nitrogen and oxygen atoms in total. The van der Waals surface area contributed by atoms with Crippen molar-refractivity contribution < 1.29 is 23.9 Å². The molecule has 0 aromatic heterocycles. The summed E-state index contributed by atoms with van der Waals surface area (Å²) in [6.07, 6.45) is 1.12. The molecule has 2 rings (SSSR count). The molecule has 0 saturated heterocycles. The molecule has 2 aromatic carbocycles. The number of aromatic carboxylic acids is 1. The summed E-state index contributed by atoms with van der Waals surface area (Å²) in [4.78, 5) is 34.2. The fraction of sp³-hybridized carbons (Fsp3) is 0. The van der Waals surface area contributed by atoms with Crippen molar-refractivity contribution in [1.29, 1.82) is 0 Å². The van der Waals surface area contributed by atoms with Gasteiger partial charge in [-0.2, -0.15) is 5.10 Å². The van der Waals surface area contributed by atoms with E-state index in [1.165, 1.54) is 24.3 Å². The molecule has 0 saturated carbocycles. The molecule has 24 heavy (non-hydrogen) atoms. The molecule has 3 N–H and O–H groups in total. The molecule has 0 fully saturated rings. The Morgan fingerprint density at radius 3 is 2.33 bits per heavy atom. The van der Waals surface area contributed by atoms with E-state index in [1.807, 2.05) is 5.43 Å². The highest BCUT2D eigenvalue weighted by atomic mass is 19.1. The van der Waals surface area contributed by atoms with Gasteiger partial charge >= 0.3 is 17.8 Å². The van der Waals surface area contributed by atoms with Crippen molar-refractivity contribution in [2.75, 3.05) is 5.32 Å². The number of carbonyl (C=O) groups excluding carboxylic acids is 2. The summed E-state index contributed by atoms with van der Waals surface area (Å²) in [5.74, 6) is -3.66. The summed E-state index contributed by atoms with van der Waals surface area (Å²) < 4.78 is 12.7. The molecular weight excluding hydrogens is 317 g/mol. The molecule has 2 aromatic rings. The van der Waals surface area contributed by atoms with Gasteiger partial charge in [-0.05, 0) is 30.3 Å². The number of rotatable bonds is 4. The maximum atomic E-state index is 12.7. The molecular formula is C16H12FN3O4. The second kappa shape index (κ2) is 7.63. The number of hydrazone groups is 1. The summed E-state index contributed by atoms with van der Waals surface area (Å²) in [5, 5.41) is 14.8. The van der Waals surface area contributed by atoms with Crippen LogP contribution in [0.3, 0.4) is 0 Å². The zero-order valence-corrected chi connectivity index (χ0v) is 12.2. The minimum absolute atomic E-state index is 0.00580. The van der Waals surface area contributed by atoms with Gasteiger partial charge in [-0.15, -0.1) is 0 Å². The summed E-state index contributed by atoms with van der Waals surface area (Å²) in [7, 11) is 0. The van der Waals surface area contributed by atoms with Crippen LogP contribution >= 0.6 is 0 Å². The Bertz CT molecular complexity index is 803. The molecule has 0 aliphatic heterocycles. The van der Waals surface area contributed by atoms with Crippen molar-refractivity contribution >= 4 is 29.7 Å². The van der Waals surface area contributed by atoms with Gasteiger partial charge in [0.15, 0.2) is 0 Å². The van der Waals surface area contributed by atoms with Crippen LogP contribution in [0.2, 0.25) is 0 Å². The molecule has 0 radical (unpaired) electrons. The zero-order chi connectivity index (χ0) is 17.5. The fourth-order valence-electron chi connectivity index (χ4n) is 1.74. The van der Waals surface area contributed by atoms with Gasteiger partial charge in [0.05, 0.1) is 11.8 Å². The summed E-state index contributed by atoms with van der Waals surface area (Å²) in [6, 6.07) is 10.9. The quantitative estimate of drug-likeness (QED) is 0.450. The first kappa shape index (κ1) is 16.8. The van der Waals surface area contributed by atoms with Crippen LogP contribution in [0.5, 0.6) is 0 Å². The predicted octanol–water partition coefficient (Wildman–Crippen LogP) is 1.61. The lowest BCUT2D eigenvalue weighted by Crippen LogP contribution is -2.32. The molecule has 0 bridgehead atoms. The molecule has 0 spiro atoms. The normalized spacial score (nSPS) is 10.4. The van der Waals surface area contributed by atoms with Gasteiger partial charge in [-0.1, -0.05) is 18.2 Å². The van der Waals surface area contributed by atoms with Crippen LogP contribution in [0, 0.1) is 5.82 Å². The maximum Gasteiger partial charge on any atom is 0.336 e. The Morgan fingerprint density at radius 1 is 1.00 bits per heavy atom. The number of anilines is 1. The molecule has 0 aliphatic carbocycles. The van der Waals surface area contributed by atoms with Crippen LogP contribution in [0.1, 0.15) is 15.9 Å². The van der Waals surface area contributed by atoms with Gasteiger partial charge in [0.25, 0.3) is 0 Å². The van der Waals surface area contributed by atoms with E-state index in [2.05, 4.69) is 10.4 Å². The number of hydrogen-bond acceptors (Lipinski definition) is 4. The van der Waals surface area contributed by atoms with Crippen molar-refractivity contribution in [2.24, 2.45) is 5.10 Å². The molecule has 0 heterocycles.